The molecule has 0 saturated heterocycles. The van der Waals surface area contributed by atoms with E-state index in [0.717, 1.165) is 23.0 Å². The first kappa shape index (κ1) is 15.6. The Hall–Kier alpha value is -2.25. The van der Waals surface area contributed by atoms with Gasteiger partial charge in [0.05, 0.1) is 19.3 Å². The van der Waals surface area contributed by atoms with Crippen LogP contribution in [0.15, 0.2) is 42.6 Å². The molecule has 0 spiro atoms. The van der Waals surface area contributed by atoms with E-state index in [2.05, 4.69) is 39.0 Å². The molecule has 0 saturated carbocycles. The van der Waals surface area contributed by atoms with Crippen molar-refractivity contribution in [2.24, 2.45) is 0 Å². The lowest BCUT2D eigenvalue weighted by Crippen LogP contribution is -2.23. The van der Waals surface area contributed by atoms with Crippen molar-refractivity contribution in [3.05, 3.63) is 59.5 Å². The number of aromatic nitrogens is 3. The fraction of sp³-hybridized carbons (Fsp3) is 0.250. The van der Waals surface area contributed by atoms with Crippen LogP contribution in [0.4, 0.5) is 0 Å². The van der Waals surface area contributed by atoms with Crippen LogP contribution in [0.3, 0.4) is 0 Å². The smallest absolute Gasteiger partial charge is 0.209 e. The quantitative estimate of drug-likeness (QED) is 0.774. The summed E-state index contributed by atoms with van der Waals surface area (Å²) in [5.41, 5.74) is 3.81. The molecule has 3 aromatic rings. The van der Waals surface area contributed by atoms with Crippen LogP contribution in [0.2, 0.25) is 0 Å². The third-order valence-corrected chi connectivity index (χ3v) is 4.21. The van der Waals surface area contributed by atoms with Crippen LogP contribution in [0.5, 0.6) is 0 Å². The monoisotopic (exact) mass is 330 g/mol. The molecule has 1 aromatic carbocycles. The van der Waals surface area contributed by atoms with Gasteiger partial charge in [-0.15, -0.1) is 0 Å². The molecule has 7 heteroatoms. The van der Waals surface area contributed by atoms with E-state index in [1.807, 2.05) is 23.6 Å². The van der Waals surface area contributed by atoms with Gasteiger partial charge in [-0.3, -0.25) is 0 Å². The first-order valence-electron chi connectivity index (χ1n) is 7.23. The molecule has 0 bridgehead atoms. The second-order valence-corrected chi connectivity index (χ2v) is 7.37. The molecule has 0 atom stereocenters. The van der Waals surface area contributed by atoms with Crippen molar-refractivity contribution in [2.75, 3.05) is 6.26 Å². The van der Waals surface area contributed by atoms with E-state index in [1.54, 1.807) is 6.20 Å². The summed E-state index contributed by atoms with van der Waals surface area (Å²) in [6, 6.07) is 11.9. The fourth-order valence-corrected chi connectivity index (χ4v) is 2.77. The lowest BCUT2D eigenvalue weighted by atomic mass is 10.1. The van der Waals surface area contributed by atoms with Gasteiger partial charge < -0.3 is 4.57 Å². The number of rotatable bonds is 5. The zero-order valence-electron chi connectivity index (χ0n) is 13.0. The molecular weight excluding hydrogens is 312 g/mol. The number of hydrogen-bond donors (Lipinski definition) is 1. The van der Waals surface area contributed by atoms with Gasteiger partial charge in [0.15, 0.2) is 5.65 Å². The van der Waals surface area contributed by atoms with Gasteiger partial charge in [-0.25, -0.2) is 23.1 Å². The summed E-state index contributed by atoms with van der Waals surface area (Å²) in [6.07, 6.45) is 2.85. The van der Waals surface area contributed by atoms with Crippen LogP contribution in [0, 0.1) is 6.92 Å². The zero-order valence-corrected chi connectivity index (χ0v) is 13.8. The van der Waals surface area contributed by atoms with Crippen molar-refractivity contribution in [1.82, 2.24) is 19.3 Å². The Kier molecular flexibility index (Phi) is 4.14. The molecule has 0 unspecified atom stereocenters. The Morgan fingerprint density at radius 2 is 1.91 bits per heavy atom. The van der Waals surface area contributed by atoms with Crippen LogP contribution in [-0.4, -0.2) is 29.2 Å². The minimum Gasteiger partial charge on any atom is -0.307 e. The molecule has 0 aliphatic rings. The lowest BCUT2D eigenvalue weighted by Gasteiger charge is -2.09. The Labute approximate surface area is 135 Å². The van der Waals surface area contributed by atoms with Crippen molar-refractivity contribution in [3.63, 3.8) is 0 Å². The third kappa shape index (κ3) is 3.75. The Morgan fingerprint density at radius 1 is 1.17 bits per heavy atom. The van der Waals surface area contributed by atoms with Gasteiger partial charge in [0.2, 0.25) is 10.0 Å². The summed E-state index contributed by atoms with van der Waals surface area (Å²) in [6.45, 7) is 2.77. The van der Waals surface area contributed by atoms with Gasteiger partial charge in [-0.2, -0.15) is 0 Å². The van der Waals surface area contributed by atoms with Crippen LogP contribution in [0.1, 0.15) is 17.0 Å². The first-order chi connectivity index (χ1) is 10.9. The molecule has 2 aromatic heterocycles. The Balaban J connectivity index is 2.00. The third-order valence-electron chi connectivity index (χ3n) is 3.54. The van der Waals surface area contributed by atoms with E-state index in [9.17, 15) is 8.42 Å². The SMILES string of the molecule is Cc1ccc(Cn2c(CNS(C)(=O)=O)nc3cccnc32)cc1. The number of imidazole rings is 1. The lowest BCUT2D eigenvalue weighted by molar-refractivity contribution is 0.582. The molecule has 0 fully saturated rings. The van der Waals surface area contributed by atoms with Gasteiger partial charge in [0.1, 0.15) is 11.3 Å². The van der Waals surface area contributed by atoms with Crippen LogP contribution in [-0.2, 0) is 23.1 Å². The molecule has 2 heterocycles. The second-order valence-electron chi connectivity index (χ2n) is 5.54. The van der Waals surface area contributed by atoms with E-state index in [0.29, 0.717) is 12.4 Å². The van der Waals surface area contributed by atoms with Crippen molar-refractivity contribution in [3.8, 4) is 0 Å². The molecule has 3 rings (SSSR count). The summed E-state index contributed by atoms with van der Waals surface area (Å²) in [4.78, 5) is 8.89. The largest absolute Gasteiger partial charge is 0.307 e. The highest BCUT2D eigenvalue weighted by Gasteiger charge is 2.13. The van der Waals surface area contributed by atoms with Crippen LogP contribution in [0.25, 0.3) is 11.2 Å². The van der Waals surface area contributed by atoms with Gasteiger partial charge in [0, 0.05) is 6.20 Å². The molecule has 1 N–H and O–H groups in total. The predicted octanol–water partition coefficient (Wildman–Crippen LogP) is 1.84. The maximum atomic E-state index is 11.4. The maximum Gasteiger partial charge on any atom is 0.209 e. The number of sulfonamides is 1. The number of fused-ring (bicyclic) bond motifs is 1. The summed E-state index contributed by atoms with van der Waals surface area (Å²) < 4.78 is 27.2. The number of nitrogens with zero attached hydrogens (tertiary/aromatic N) is 3. The highest BCUT2D eigenvalue weighted by Crippen LogP contribution is 2.16. The van der Waals surface area contributed by atoms with Crippen molar-refractivity contribution in [1.29, 1.82) is 0 Å². The Bertz CT molecular complexity index is 930. The van der Waals surface area contributed by atoms with Crippen LogP contribution < -0.4 is 4.72 Å². The summed E-state index contributed by atoms with van der Waals surface area (Å²) in [7, 11) is -3.28. The molecule has 6 nitrogen and oxygen atoms in total. The van der Waals surface area contributed by atoms with Gasteiger partial charge in [-0.05, 0) is 24.6 Å². The number of pyridine rings is 1. The van der Waals surface area contributed by atoms with Crippen molar-refractivity contribution < 1.29 is 8.42 Å². The van der Waals surface area contributed by atoms with Crippen molar-refractivity contribution in [2.45, 2.75) is 20.0 Å². The van der Waals surface area contributed by atoms with E-state index in [1.165, 1.54) is 5.56 Å². The Morgan fingerprint density at radius 3 is 2.61 bits per heavy atom. The standard InChI is InChI=1S/C16H18N4O2S/c1-12-5-7-13(8-6-12)11-20-15(10-18-23(2,21)22)19-14-4-3-9-17-16(14)20/h3-9,18H,10-11H2,1-2H3. The minimum absolute atomic E-state index is 0.140. The number of nitrogens with one attached hydrogen (secondary N) is 1. The number of benzene rings is 1. The van der Waals surface area contributed by atoms with Gasteiger partial charge in [-0.1, -0.05) is 29.8 Å². The van der Waals surface area contributed by atoms with Gasteiger partial charge >= 0.3 is 0 Å². The second kappa shape index (κ2) is 6.10. The normalized spacial score (nSPS) is 11.9. The van der Waals surface area contributed by atoms with E-state index < -0.39 is 10.0 Å². The highest BCUT2D eigenvalue weighted by molar-refractivity contribution is 7.88. The fourth-order valence-electron chi connectivity index (χ4n) is 2.38. The molecule has 120 valence electrons. The molecular formula is C16H18N4O2S. The average Bonchev–Trinajstić information content (AvgIpc) is 2.85. The molecule has 23 heavy (non-hydrogen) atoms. The predicted molar refractivity (Wildman–Crippen MR) is 89.5 cm³/mol. The number of aryl methyl sites for hydroxylation is 1. The molecule has 0 aliphatic heterocycles. The van der Waals surface area contributed by atoms with E-state index in [-0.39, 0.29) is 6.54 Å². The zero-order chi connectivity index (χ0) is 16.4. The number of hydrogen-bond acceptors (Lipinski definition) is 4. The average molecular weight is 330 g/mol. The van der Waals surface area contributed by atoms with Crippen LogP contribution >= 0.6 is 0 Å². The summed E-state index contributed by atoms with van der Waals surface area (Å²) in [5.74, 6) is 0.643. The minimum atomic E-state index is -3.28. The summed E-state index contributed by atoms with van der Waals surface area (Å²) in [5, 5.41) is 0. The van der Waals surface area contributed by atoms with E-state index in [4.69, 9.17) is 0 Å². The van der Waals surface area contributed by atoms with E-state index >= 15 is 0 Å². The highest BCUT2D eigenvalue weighted by atomic mass is 32.2. The topological polar surface area (TPSA) is 76.9 Å². The first-order valence-corrected chi connectivity index (χ1v) is 9.12. The van der Waals surface area contributed by atoms with Crippen molar-refractivity contribution >= 4 is 21.2 Å². The molecule has 0 aliphatic carbocycles. The molecule has 0 amide bonds. The van der Waals surface area contributed by atoms with Gasteiger partial charge in [0.25, 0.3) is 0 Å². The molecule has 0 radical (unpaired) electrons. The maximum absolute atomic E-state index is 11.4. The summed E-state index contributed by atoms with van der Waals surface area (Å²) >= 11 is 0.